The Hall–Kier alpha value is -1.93. The van der Waals surface area contributed by atoms with Crippen LogP contribution < -0.4 is 5.32 Å². The quantitative estimate of drug-likeness (QED) is 0.797. The Morgan fingerprint density at radius 3 is 2.14 bits per heavy atom. The third-order valence-corrected chi connectivity index (χ3v) is 4.74. The maximum atomic E-state index is 11.9. The fraction of sp³-hybridized carbons (Fsp3) is 0.385. The zero-order valence-electron chi connectivity index (χ0n) is 12.0. The van der Waals surface area contributed by atoms with Gasteiger partial charge in [0.2, 0.25) is 10.0 Å². The zero-order valence-corrected chi connectivity index (χ0v) is 12.8. The molecule has 1 aromatic carbocycles. The lowest BCUT2D eigenvalue weighted by molar-refractivity contribution is -0.139. The lowest BCUT2D eigenvalue weighted by Gasteiger charge is -2.13. The number of nitrogens with zero attached hydrogens (tertiary/aromatic N) is 1. The number of nitrogens with one attached hydrogen (secondary N) is 1. The van der Waals surface area contributed by atoms with Gasteiger partial charge in [-0.15, -0.1) is 0 Å². The number of aliphatic carboxylic acids is 1. The van der Waals surface area contributed by atoms with Crippen molar-refractivity contribution in [2.75, 3.05) is 14.1 Å². The van der Waals surface area contributed by atoms with E-state index < -0.39 is 27.9 Å². The first-order valence-electron chi connectivity index (χ1n) is 6.26. The number of carbonyl (C=O) groups is 2. The number of hydrogen-bond acceptors (Lipinski definition) is 4. The smallest absolute Gasteiger partial charge is 0.326 e. The van der Waals surface area contributed by atoms with Crippen LogP contribution in [0.15, 0.2) is 29.2 Å². The van der Waals surface area contributed by atoms with Gasteiger partial charge in [0.15, 0.2) is 0 Å². The van der Waals surface area contributed by atoms with Gasteiger partial charge in [-0.1, -0.05) is 6.92 Å². The molecule has 1 amide bonds. The van der Waals surface area contributed by atoms with E-state index in [1.807, 2.05) is 0 Å². The highest BCUT2D eigenvalue weighted by Gasteiger charge is 2.20. The van der Waals surface area contributed by atoms with Crippen molar-refractivity contribution in [3.63, 3.8) is 0 Å². The summed E-state index contributed by atoms with van der Waals surface area (Å²) in [7, 11) is -0.730. The van der Waals surface area contributed by atoms with Gasteiger partial charge in [0.1, 0.15) is 6.04 Å². The molecule has 0 bridgehead atoms. The average Bonchev–Trinajstić information content (AvgIpc) is 2.44. The number of carbonyl (C=O) groups excluding carboxylic acids is 1. The molecule has 0 aliphatic rings. The highest BCUT2D eigenvalue weighted by molar-refractivity contribution is 7.89. The van der Waals surface area contributed by atoms with Crippen molar-refractivity contribution in [3.8, 4) is 0 Å². The molecule has 1 rings (SSSR count). The molecular formula is C13H18N2O5S. The molecule has 0 spiro atoms. The number of benzene rings is 1. The second kappa shape index (κ2) is 6.68. The third-order valence-electron chi connectivity index (χ3n) is 2.91. The minimum absolute atomic E-state index is 0.0642. The Bertz CT molecular complexity index is 622. The maximum Gasteiger partial charge on any atom is 0.326 e. The van der Waals surface area contributed by atoms with E-state index in [1.165, 1.54) is 38.4 Å². The van der Waals surface area contributed by atoms with Crippen molar-refractivity contribution < 1.29 is 23.1 Å². The number of rotatable bonds is 6. The summed E-state index contributed by atoms with van der Waals surface area (Å²) in [6.45, 7) is 1.64. The lowest BCUT2D eigenvalue weighted by Crippen LogP contribution is -2.40. The van der Waals surface area contributed by atoms with Crippen LogP contribution in [-0.2, 0) is 14.8 Å². The number of carboxylic acid groups (broad SMARTS) is 1. The van der Waals surface area contributed by atoms with Gasteiger partial charge in [-0.05, 0) is 30.7 Å². The molecule has 116 valence electrons. The minimum Gasteiger partial charge on any atom is -0.480 e. The number of carboxylic acids is 1. The Kier molecular flexibility index (Phi) is 5.45. The summed E-state index contributed by atoms with van der Waals surface area (Å²) in [6, 6.07) is 4.35. The van der Waals surface area contributed by atoms with E-state index in [-0.39, 0.29) is 16.9 Å². The van der Waals surface area contributed by atoms with Crippen LogP contribution in [0.2, 0.25) is 0 Å². The summed E-state index contributed by atoms with van der Waals surface area (Å²) in [4.78, 5) is 22.8. The van der Waals surface area contributed by atoms with E-state index in [0.29, 0.717) is 0 Å². The number of sulfonamides is 1. The van der Waals surface area contributed by atoms with Crippen molar-refractivity contribution in [2.45, 2.75) is 24.3 Å². The molecule has 1 atom stereocenters. The molecule has 0 aromatic heterocycles. The number of amides is 1. The molecule has 0 aliphatic carbocycles. The first-order valence-corrected chi connectivity index (χ1v) is 7.70. The van der Waals surface area contributed by atoms with Crippen molar-refractivity contribution in [2.24, 2.45) is 0 Å². The van der Waals surface area contributed by atoms with Gasteiger partial charge in [-0.25, -0.2) is 17.5 Å². The van der Waals surface area contributed by atoms with Crippen LogP contribution >= 0.6 is 0 Å². The zero-order chi connectivity index (χ0) is 16.2. The van der Waals surface area contributed by atoms with Gasteiger partial charge in [-0.2, -0.15) is 0 Å². The van der Waals surface area contributed by atoms with E-state index in [2.05, 4.69) is 5.32 Å². The topological polar surface area (TPSA) is 104 Å². The van der Waals surface area contributed by atoms with Crippen LogP contribution in [0.5, 0.6) is 0 Å². The van der Waals surface area contributed by atoms with Gasteiger partial charge in [0.05, 0.1) is 4.90 Å². The van der Waals surface area contributed by atoms with Crippen molar-refractivity contribution >= 4 is 21.9 Å². The van der Waals surface area contributed by atoms with Crippen LogP contribution in [0, 0.1) is 0 Å². The molecule has 7 nitrogen and oxygen atoms in total. The van der Waals surface area contributed by atoms with E-state index in [1.54, 1.807) is 6.92 Å². The van der Waals surface area contributed by atoms with Gasteiger partial charge in [-0.3, -0.25) is 4.79 Å². The summed E-state index contributed by atoms with van der Waals surface area (Å²) in [5.74, 6) is -1.67. The normalized spacial score (nSPS) is 13.0. The highest BCUT2D eigenvalue weighted by Crippen LogP contribution is 2.14. The van der Waals surface area contributed by atoms with Gasteiger partial charge >= 0.3 is 5.97 Å². The Balaban J connectivity index is 2.93. The summed E-state index contributed by atoms with van der Waals surface area (Å²) in [5.41, 5.74) is 0.201. The number of hydrogen-bond donors (Lipinski definition) is 2. The molecule has 0 saturated heterocycles. The van der Waals surface area contributed by atoms with E-state index in [4.69, 9.17) is 5.11 Å². The molecule has 0 fully saturated rings. The fourth-order valence-corrected chi connectivity index (χ4v) is 2.47. The van der Waals surface area contributed by atoms with E-state index >= 15 is 0 Å². The minimum atomic E-state index is -3.55. The maximum absolute atomic E-state index is 11.9. The first-order chi connectivity index (χ1) is 9.70. The second-order valence-corrected chi connectivity index (χ2v) is 6.74. The molecule has 2 N–H and O–H groups in total. The van der Waals surface area contributed by atoms with Crippen LogP contribution in [0.3, 0.4) is 0 Å². The standard InChI is InChI=1S/C13H18N2O5S/c1-4-11(13(17)18)14-12(16)9-5-7-10(8-6-9)21(19,20)15(2)3/h5-8,11H,4H2,1-3H3,(H,14,16)(H,17,18)/t11-/m1/s1. The van der Waals surface area contributed by atoms with Crippen LogP contribution in [0.4, 0.5) is 0 Å². The second-order valence-electron chi connectivity index (χ2n) is 4.58. The van der Waals surface area contributed by atoms with Gasteiger partial charge in [0.25, 0.3) is 5.91 Å². The third kappa shape index (κ3) is 4.02. The molecular weight excluding hydrogens is 296 g/mol. The van der Waals surface area contributed by atoms with Crippen molar-refractivity contribution in [3.05, 3.63) is 29.8 Å². The predicted octanol–water partition coefficient (Wildman–Crippen LogP) is 0.530. The van der Waals surface area contributed by atoms with Crippen LogP contribution in [0.1, 0.15) is 23.7 Å². The molecule has 0 unspecified atom stereocenters. The van der Waals surface area contributed by atoms with Gasteiger partial charge in [0, 0.05) is 19.7 Å². The molecule has 0 aliphatic heterocycles. The Labute approximate surface area is 123 Å². The average molecular weight is 314 g/mol. The molecule has 1 aromatic rings. The molecule has 0 radical (unpaired) electrons. The Morgan fingerprint density at radius 2 is 1.76 bits per heavy atom. The molecule has 0 heterocycles. The van der Waals surface area contributed by atoms with Crippen molar-refractivity contribution in [1.29, 1.82) is 0 Å². The molecule has 21 heavy (non-hydrogen) atoms. The largest absolute Gasteiger partial charge is 0.480 e. The Morgan fingerprint density at radius 1 is 1.24 bits per heavy atom. The van der Waals surface area contributed by atoms with Crippen LogP contribution in [-0.4, -0.2) is 49.8 Å². The van der Waals surface area contributed by atoms with Crippen LogP contribution in [0.25, 0.3) is 0 Å². The predicted molar refractivity (Wildman–Crippen MR) is 76.5 cm³/mol. The lowest BCUT2D eigenvalue weighted by atomic mass is 10.1. The van der Waals surface area contributed by atoms with Gasteiger partial charge < -0.3 is 10.4 Å². The monoisotopic (exact) mass is 314 g/mol. The van der Waals surface area contributed by atoms with E-state index in [9.17, 15) is 18.0 Å². The van der Waals surface area contributed by atoms with Crippen molar-refractivity contribution in [1.82, 2.24) is 9.62 Å². The summed E-state index contributed by atoms with van der Waals surface area (Å²) < 4.78 is 24.8. The molecule has 0 saturated carbocycles. The first kappa shape index (κ1) is 17.1. The van der Waals surface area contributed by atoms with E-state index in [0.717, 1.165) is 4.31 Å². The highest BCUT2D eigenvalue weighted by atomic mass is 32.2. The summed E-state index contributed by atoms with van der Waals surface area (Å²) >= 11 is 0. The fourth-order valence-electron chi connectivity index (χ4n) is 1.57. The SMILES string of the molecule is CC[C@@H](NC(=O)c1ccc(S(=O)(=O)N(C)C)cc1)C(=O)O. The molecule has 8 heteroatoms. The summed E-state index contributed by atoms with van der Waals surface area (Å²) in [5, 5.41) is 11.2. The summed E-state index contributed by atoms with van der Waals surface area (Å²) in [6.07, 6.45) is 0.258.